The summed E-state index contributed by atoms with van der Waals surface area (Å²) in [4.78, 5) is 16.6. The molecule has 0 saturated carbocycles. The van der Waals surface area contributed by atoms with Crippen LogP contribution in [0.2, 0.25) is 0 Å². The number of carbonyl (C=O) groups excluding carboxylic acids is 1. The number of hydrogen-bond donors (Lipinski definition) is 3. The fourth-order valence-corrected chi connectivity index (χ4v) is 2.78. The maximum atomic E-state index is 13.8. The van der Waals surface area contributed by atoms with Gasteiger partial charge in [-0.3, -0.25) is 9.79 Å². The number of nitrogens with zero attached hydrogens (tertiary/aromatic N) is 1. The van der Waals surface area contributed by atoms with E-state index in [1.807, 2.05) is 52.0 Å². The standard InChI is InChI=1S/C23H31FN4O/c1-15-10-11-18(13-20(15)24)16(2)27-22(25-6)26-14-17-8-7-9-19(12-17)21(29)28-23(3,4)5/h7-13,16H,14H2,1-6H3,(H,28,29)(H2,25,26,27). The van der Waals surface area contributed by atoms with Gasteiger partial charge in [0.05, 0.1) is 6.04 Å². The van der Waals surface area contributed by atoms with Gasteiger partial charge in [0.1, 0.15) is 5.82 Å². The smallest absolute Gasteiger partial charge is 0.251 e. The highest BCUT2D eigenvalue weighted by atomic mass is 19.1. The number of aliphatic imine (C=N–C) groups is 1. The molecule has 0 aliphatic carbocycles. The van der Waals surface area contributed by atoms with Crippen molar-refractivity contribution in [3.05, 3.63) is 70.5 Å². The van der Waals surface area contributed by atoms with Crippen molar-refractivity contribution in [2.45, 2.75) is 52.7 Å². The minimum absolute atomic E-state index is 0.100. The van der Waals surface area contributed by atoms with Crippen LogP contribution >= 0.6 is 0 Å². The van der Waals surface area contributed by atoms with Crippen molar-refractivity contribution in [3.63, 3.8) is 0 Å². The monoisotopic (exact) mass is 398 g/mol. The Hall–Kier alpha value is -2.89. The van der Waals surface area contributed by atoms with Crippen molar-refractivity contribution >= 4 is 11.9 Å². The van der Waals surface area contributed by atoms with Gasteiger partial charge in [-0.05, 0) is 69.5 Å². The molecule has 0 heterocycles. The second-order valence-electron chi connectivity index (χ2n) is 8.20. The Bertz CT molecular complexity index is 887. The van der Waals surface area contributed by atoms with E-state index in [9.17, 15) is 9.18 Å². The summed E-state index contributed by atoms with van der Waals surface area (Å²) >= 11 is 0. The lowest BCUT2D eigenvalue weighted by Gasteiger charge is -2.21. The van der Waals surface area contributed by atoms with Crippen LogP contribution in [0.3, 0.4) is 0 Å². The lowest BCUT2D eigenvalue weighted by Crippen LogP contribution is -2.40. The second kappa shape index (κ2) is 9.54. The van der Waals surface area contributed by atoms with Crippen LogP contribution in [0.15, 0.2) is 47.5 Å². The van der Waals surface area contributed by atoms with Crippen LogP contribution < -0.4 is 16.0 Å². The number of benzene rings is 2. The van der Waals surface area contributed by atoms with E-state index in [0.717, 1.165) is 11.1 Å². The molecule has 156 valence electrons. The fraction of sp³-hybridized carbons (Fsp3) is 0.391. The van der Waals surface area contributed by atoms with Crippen LogP contribution in [-0.4, -0.2) is 24.5 Å². The van der Waals surface area contributed by atoms with E-state index >= 15 is 0 Å². The first kappa shape index (κ1) is 22.4. The van der Waals surface area contributed by atoms with E-state index in [0.29, 0.717) is 23.6 Å². The molecule has 0 aliphatic rings. The molecule has 0 aromatic heterocycles. The lowest BCUT2D eigenvalue weighted by molar-refractivity contribution is 0.0919. The van der Waals surface area contributed by atoms with Crippen molar-refractivity contribution in [3.8, 4) is 0 Å². The molecule has 1 unspecified atom stereocenters. The van der Waals surface area contributed by atoms with Gasteiger partial charge in [0, 0.05) is 24.7 Å². The number of amides is 1. The average molecular weight is 399 g/mol. The number of nitrogens with one attached hydrogen (secondary N) is 3. The van der Waals surface area contributed by atoms with Crippen LogP contribution in [0, 0.1) is 12.7 Å². The first-order valence-electron chi connectivity index (χ1n) is 9.74. The van der Waals surface area contributed by atoms with Gasteiger partial charge in [0.2, 0.25) is 0 Å². The Kier molecular flexibility index (Phi) is 7.37. The Morgan fingerprint density at radius 1 is 1.17 bits per heavy atom. The van der Waals surface area contributed by atoms with Crippen molar-refractivity contribution in [1.29, 1.82) is 0 Å². The van der Waals surface area contributed by atoms with E-state index in [2.05, 4.69) is 20.9 Å². The highest BCUT2D eigenvalue weighted by Gasteiger charge is 2.15. The van der Waals surface area contributed by atoms with Crippen LogP contribution in [0.1, 0.15) is 60.8 Å². The van der Waals surface area contributed by atoms with E-state index in [-0.39, 0.29) is 23.3 Å². The number of aryl methyl sites for hydroxylation is 1. The zero-order valence-electron chi connectivity index (χ0n) is 18.1. The van der Waals surface area contributed by atoms with Gasteiger partial charge in [-0.25, -0.2) is 4.39 Å². The van der Waals surface area contributed by atoms with Gasteiger partial charge >= 0.3 is 0 Å². The normalized spacial score (nSPS) is 13.0. The third kappa shape index (κ3) is 6.89. The van der Waals surface area contributed by atoms with Gasteiger partial charge in [-0.2, -0.15) is 0 Å². The van der Waals surface area contributed by atoms with Gasteiger partial charge in [-0.1, -0.05) is 24.3 Å². The molecule has 29 heavy (non-hydrogen) atoms. The highest BCUT2D eigenvalue weighted by Crippen LogP contribution is 2.16. The van der Waals surface area contributed by atoms with Crippen LogP contribution in [-0.2, 0) is 6.54 Å². The van der Waals surface area contributed by atoms with Crippen molar-refractivity contribution in [1.82, 2.24) is 16.0 Å². The van der Waals surface area contributed by atoms with E-state index in [4.69, 9.17) is 0 Å². The average Bonchev–Trinajstić information content (AvgIpc) is 2.66. The molecule has 2 aromatic carbocycles. The minimum atomic E-state index is -0.289. The van der Waals surface area contributed by atoms with Crippen molar-refractivity contribution in [2.24, 2.45) is 4.99 Å². The second-order valence-corrected chi connectivity index (χ2v) is 8.20. The van der Waals surface area contributed by atoms with E-state index < -0.39 is 0 Å². The van der Waals surface area contributed by atoms with Crippen molar-refractivity contribution in [2.75, 3.05) is 7.05 Å². The molecular weight excluding hydrogens is 367 g/mol. The maximum absolute atomic E-state index is 13.8. The summed E-state index contributed by atoms with van der Waals surface area (Å²) in [5, 5.41) is 9.47. The molecule has 2 rings (SSSR count). The molecule has 1 amide bonds. The number of guanidine groups is 1. The minimum Gasteiger partial charge on any atom is -0.352 e. The molecule has 0 bridgehead atoms. The quantitative estimate of drug-likeness (QED) is 0.525. The fourth-order valence-electron chi connectivity index (χ4n) is 2.78. The molecule has 3 N–H and O–H groups in total. The highest BCUT2D eigenvalue weighted by molar-refractivity contribution is 5.94. The van der Waals surface area contributed by atoms with E-state index in [1.165, 1.54) is 6.07 Å². The summed E-state index contributed by atoms with van der Waals surface area (Å²) < 4.78 is 13.8. The summed E-state index contributed by atoms with van der Waals surface area (Å²) in [7, 11) is 1.69. The van der Waals surface area contributed by atoms with Gasteiger partial charge < -0.3 is 16.0 Å². The molecule has 0 radical (unpaired) electrons. The van der Waals surface area contributed by atoms with Crippen LogP contribution in [0.4, 0.5) is 4.39 Å². The molecule has 0 fully saturated rings. The summed E-state index contributed by atoms with van der Waals surface area (Å²) in [5.41, 5.74) is 2.76. The first-order valence-corrected chi connectivity index (χ1v) is 9.74. The lowest BCUT2D eigenvalue weighted by atomic mass is 10.1. The first-order chi connectivity index (χ1) is 13.6. The molecule has 6 heteroatoms. The molecule has 2 aromatic rings. The Morgan fingerprint density at radius 2 is 1.90 bits per heavy atom. The molecule has 1 atom stereocenters. The Morgan fingerprint density at radius 3 is 2.52 bits per heavy atom. The summed E-state index contributed by atoms with van der Waals surface area (Å²) in [6.07, 6.45) is 0. The largest absolute Gasteiger partial charge is 0.352 e. The summed E-state index contributed by atoms with van der Waals surface area (Å²) in [6, 6.07) is 12.6. The van der Waals surface area contributed by atoms with Crippen LogP contribution in [0.5, 0.6) is 0 Å². The zero-order chi connectivity index (χ0) is 21.6. The number of hydrogen-bond acceptors (Lipinski definition) is 2. The van der Waals surface area contributed by atoms with E-state index in [1.54, 1.807) is 26.1 Å². The predicted molar refractivity (Wildman–Crippen MR) is 117 cm³/mol. The molecule has 0 saturated heterocycles. The van der Waals surface area contributed by atoms with Crippen molar-refractivity contribution < 1.29 is 9.18 Å². The Labute approximate surface area is 172 Å². The SMILES string of the molecule is CN=C(NCc1cccc(C(=O)NC(C)(C)C)c1)NC(C)c1ccc(C)c(F)c1. The van der Waals surface area contributed by atoms with Gasteiger partial charge in [0.25, 0.3) is 5.91 Å². The number of rotatable bonds is 5. The van der Waals surface area contributed by atoms with Gasteiger partial charge in [-0.15, -0.1) is 0 Å². The Balaban J connectivity index is 1.99. The molecule has 0 aliphatic heterocycles. The van der Waals surface area contributed by atoms with Gasteiger partial charge in [0.15, 0.2) is 5.96 Å². The summed E-state index contributed by atoms with van der Waals surface area (Å²) in [5.74, 6) is 0.282. The number of carbonyl (C=O) groups is 1. The molecular formula is C23H31FN4O. The topological polar surface area (TPSA) is 65.5 Å². The molecule has 0 spiro atoms. The van der Waals surface area contributed by atoms with Crippen LogP contribution in [0.25, 0.3) is 0 Å². The third-order valence-corrected chi connectivity index (χ3v) is 4.41. The molecule has 5 nitrogen and oxygen atoms in total. The summed E-state index contributed by atoms with van der Waals surface area (Å²) in [6.45, 7) is 10.1. The maximum Gasteiger partial charge on any atom is 0.251 e. The number of halogens is 1. The third-order valence-electron chi connectivity index (χ3n) is 4.41. The predicted octanol–water partition coefficient (Wildman–Crippen LogP) is 4.09. The zero-order valence-corrected chi connectivity index (χ0v) is 18.1.